The minimum atomic E-state index is 0.0692. The lowest BCUT2D eigenvalue weighted by molar-refractivity contribution is 0.153. The van der Waals surface area contributed by atoms with Crippen LogP contribution in [-0.2, 0) is 10.2 Å². The average molecular weight is 336 g/mol. The van der Waals surface area contributed by atoms with Crippen molar-refractivity contribution in [3.05, 3.63) is 34.0 Å². The van der Waals surface area contributed by atoms with Gasteiger partial charge >= 0.3 is 0 Å². The van der Waals surface area contributed by atoms with Gasteiger partial charge < -0.3 is 15.4 Å². The van der Waals surface area contributed by atoms with Crippen LogP contribution in [0.15, 0.2) is 34.2 Å². The summed E-state index contributed by atoms with van der Waals surface area (Å²) in [6, 6.07) is 4.30. The van der Waals surface area contributed by atoms with Gasteiger partial charge in [-0.1, -0.05) is 31.6 Å². The molecule has 0 amide bonds. The van der Waals surface area contributed by atoms with Crippen molar-refractivity contribution in [2.45, 2.75) is 39.0 Å². The van der Waals surface area contributed by atoms with Gasteiger partial charge in [-0.15, -0.1) is 11.3 Å². The fourth-order valence-corrected chi connectivity index (χ4v) is 3.34. The summed E-state index contributed by atoms with van der Waals surface area (Å²) in [6.45, 7) is 10.8. The van der Waals surface area contributed by atoms with E-state index in [0.717, 1.165) is 51.6 Å². The number of rotatable bonds is 7. The lowest BCUT2D eigenvalue weighted by atomic mass is 9.92. The standard InChI is InChI=1S/C18H29N3OS/c1-4-19-17(20-10-7-15-8-11-22-12-9-15)21-14-18(2,3)16-6-5-13-23-16/h5-6,8,13H,4,7,9-12,14H2,1-3H3,(H2,19,20,21). The zero-order chi connectivity index (χ0) is 16.5. The molecule has 1 aliphatic rings. The van der Waals surface area contributed by atoms with E-state index in [-0.39, 0.29) is 5.41 Å². The third-order valence-corrected chi connectivity index (χ3v) is 5.20. The summed E-state index contributed by atoms with van der Waals surface area (Å²) in [4.78, 5) is 6.16. The van der Waals surface area contributed by atoms with Crippen molar-refractivity contribution in [3.63, 3.8) is 0 Å². The predicted octanol–water partition coefficient (Wildman–Crippen LogP) is 3.32. The predicted molar refractivity (Wildman–Crippen MR) is 99.5 cm³/mol. The maximum absolute atomic E-state index is 5.35. The van der Waals surface area contributed by atoms with Crippen LogP contribution in [0.25, 0.3) is 0 Å². The summed E-state index contributed by atoms with van der Waals surface area (Å²) in [5, 5.41) is 8.91. The van der Waals surface area contributed by atoms with E-state index in [1.54, 1.807) is 11.3 Å². The first kappa shape index (κ1) is 18.0. The Kier molecular flexibility index (Phi) is 7.12. The minimum Gasteiger partial charge on any atom is -0.377 e. The smallest absolute Gasteiger partial charge is 0.191 e. The first-order chi connectivity index (χ1) is 11.1. The van der Waals surface area contributed by atoms with Crippen molar-refractivity contribution in [2.24, 2.45) is 4.99 Å². The Bertz CT molecular complexity index is 520. The van der Waals surface area contributed by atoms with Gasteiger partial charge in [0.1, 0.15) is 0 Å². The number of ether oxygens (including phenoxy) is 1. The third kappa shape index (κ3) is 5.99. The molecular weight excluding hydrogens is 306 g/mol. The zero-order valence-electron chi connectivity index (χ0n) is 14.5. The second-order valence-electron chi connectivity index (χ2n) is 6.42. The number of hydrogen-bond acceptors (Lipinski definition) is 3. The summed E-state index contributed by atoms with van der Waals surface area (Å²) in [5.74, 6) is 0.907. The topological polar surface area (TPSA) is 45.7 Å². The number of nitrogens with zero attached hydrogens (tertiary/aromatic N) is 1. The molecule has 1 aromatic rings. The van der Waals surface area contributed by atoms with Crippen LogP contribution in [0.2, 0.25) is 0 Å². The van der Waals surface area contributed by atoms with Gasteiger partial charge in [0.25, 0.3) is 0 Å². The summed E-state index contributed by atoms with van der Waals surface area (Å²) in [7, 11) is 0. The molecule has 0 bridgehead atoms. The van der Waals surface area contributed by atoms with Crippen LogP contribution in [0.1, 0.15) is 38.5 Å². The van der Waals surface area contributed by atoms with E-state index >= 15 is 0 Å². The molecule has 2 rings (SSSR count). The fourth-order valence-electron chi connectivity index (χ4n) is 2.49. The molecule has 2 heterocycles. The molecule has 1 aromatic heterocycles. The molecule has 128 valence electrons. The van der Waals surface area contributed by atoms with Crippen molar-refractivity contribution in [3.8, 4) is 0 Å². The van der Waals surface area contributed by atoms with Gasteiger partial charge in [0.15, 0.2) is 5.96 Å². The Labute approximate surface area is 144 Å². The van der Waals surface area contributed by atoms with E-state index in [2.05, 4.69) is 55.0 Å². The van der Waals surface area contributed by atoms with Crippen LogP contribution in [0.5, 0.6) is 0 Å². The Hall–Kier alpha value is -1.33. The highest BCUT2D eigenvalue weighted by Gasteiger charge is 2.21. The lowest BCUT2D eigenvalue weighted by Crippen LogP contribution is -2.39. The van der Waals surface area contributed by atoms with Crippen molar-refractivity contribution >= 4 is 17.3 Å². The van der Waals surface area contributed by atoms with Crippen molar-refractivity contribution in [2.75, 3.05) is 32.8 Å². The van der Waals surface area contributed by atoms with E-state index in [9.17, 15) is 0 Å². The van der Waals surface area contributed by atoms with Crippen LogP contribution in [0, 0.1) is 0 Å². The average Bonchev–Trinajstić information content (AvgIpc) is 3.09. The molecule has 0 atom stereocenters. The monoisotopic (exact) mass is 335 g/mol. The van der Waals surface area contributed by atoms with Crippen LogP contribution in [0.4, 0.5) is 0 Å². The molecule has 1 aliphatic heterocycles. The molecule has 23 heavy (non-hydrogen) atoms. The molecule has 0 saturated heterocycles. The number of aliphatic imine (C=N–C) groups is 1. The van der Waals surface area contributed by atoms with Crippen LogP contribution < -0.4 is 10.6 Å². The van der Waals surface area contributed by atoms with E-state index in [0.29, 0.717) is 0 Å². The molecule has 0 spiro atoms. The van der Waals surface area contributed by atoms with Gasteiger partial charge in [0.05, 0.1) is 19.8 Å². The van der Waals surface area contributed by atoms with E-state index < -0.39 is 0 Å². The van der Waals surface area contributed by atoms with Gasteiger partial charge in [0, 0.05) is 23.4 Å². The molecule has 2 N–H and O–H groups in total. The largest absolute Gasteiger partial charge is 0.377 e. The van der Waals surface area contributed by atoms with Crippen LogP contribution in [0.3, 0.4) is 0 Å². The zero-order valence-corrected chi connectivity index (χ0v) is 15.3. The summed E-state index contributed by atoms with van der Waals surface area (Å²) in [5.41, 5.74) is 1.55. The first-order valence-corrected chi connectivity index (χ1v) is 9.31. The second-order valence-corrected chi connectivity index (χ2v) is 7.37. The maximum atomic E-state index is 5.35. The summed E-state index contributed by atoms with van der Waals surface area (Å²) >= 11 is 1.80. The Morgan fingerprint density at radius 1 is 1.39 bits per heavy atom. The van der Waals surface area contributed by atoms with Gasteiger partial charge in [-0.25, -0.2) is 0 Å². The van der Waals surface area contributed by atoms with Crippen molar-refractivity contribution < 1.29 is 4.74 Å². The molecule has 5 heteroatoms. The Morgan fingerprint density at radius 2 is 2.26 bits per heavy atom. The first-order valence-electron chi connectivity index (χ1n) is 8.43. The molecule has 0 saturated carbocycles. The van der Waals surface area contributed by atoms with E-state index in [1.807, 2.05) is 0 Å². The van der Waals surface area contributed by atoms with Crippen molar-refractivity contribution in [1.82, 2.24) is 10.6 Å². The number of thiophene rings is 1. The van der Waals surface area contributed by atoms with Gasteiger partial charge in [-0.2, -0.15) is 0 Å². The maximum Gasteiger partial charge on any atom is 0.191 e. The highest BCUT2D eigenvalue weighted by Crippen LogP contribution is 2.27. The quantitative estimate of drug-likeness (QED) is 0.456. The Balaban J connectivity index is 1.85. The van der Waals surface area contributed by atoms with Gasteiger partial charge in [-0.3, -0.25) is 4.99 Å². The number of nitrogens with one attached hydrogen (secondary N) is 2. The molecule has 0 fully saturated rings. The van der Waals surface area contributed by atoms with Crippen LogP contribution >= 0.6 is 11.3 Å². The van der Waals surface area contributed by atoms with E-state index in [4.69, 9.17) is 9.73 Å². The molecule has 0 aliphatic carbocycles. The van der Waals surface area contributed by atoms with E-state index in [1.165, 1.54) is 10.5 Å². The summed E-state index contributed by atoms with van der Waals surface area (Å²) < 4.78 is 5.35. The van der Waals surface area contributed by atoms with Crippen molar-refractivity contribution in [1.29, 1.82) is 0 Å². The number of guanidine groups is 1. The number of hydrogen-bond donors (Lipinski definition) is 2. The highest BCUT2D eigenvalue weighted by molar-refractivity contribution is 7.10. The molecule has 0 aromatic carbocycles. The SMILES string of the molecule is CCNC(=NCC(C)(C)c1cccs1)NCCC1=CCOCC1. The normalized spacial score (nSPS) is 16.1. The minimum absolute atomic E-state index is 0.0692. The fraction of sp³-hybridized carbons (Fsp3) is 0.611. The Morgan fingerprint density at radius 3 is 2.91 bits per heavy atom. The molecular formula is C18H29N3OS. The molecule has 0 unspecified atom stereocenters. The van der Waals surface area contributed by atoms with Gasteiger partial charge in [-0.05, 0) is 31.2 Å². The van der Waals surface area contributed by atoms with Gasteiger partial charge in [0.2, 0.25) is 0 Å². The van der Waals surface area contributed by atoms with Crippen LogP contribution in [-0.4, -0.2) is 38.8 Å². The third-order valence-electron chi connectivity index (χ3n) is 3.96. The second kappa shape index (κ2) is 9.08. The highest BCUT2D eigenvalue weighted by atomic mass is 32.1. The lowest BCUT2D eigenvalue weighted by Gasteiger charge is -2.22. The molecule has 0 radical (unpaired) electrons. The summed E-state index contributed by atoms with van der Waals surface area (Å²) in [6.07, 6.45) is 4.32. The molecule has 4 nitrogen and oxygen atoms in total.